The molecule has 164 valence electrons. The Hall–Kier alpha value is -3.16. The van der Waals surface area contributed by atoms with Crippen molar-refractivity contribution >= 4 is 17.7 Å². The van der Waals surface area contributed by atoms with Crippen LogP contribution in [0, 0.1) is 0 Å². The van der Waals surface area contributed by atoms with E-state index in [1.807, 2.05) is 30.3 Å². The Kier molecular flexibility index (Phi) is 5.80. The van der Waals surface area contributed by atoms with Gasteiger partial charge in [-0.2, -0.15) is 5.10 Å². The molecule has 0 radical (unpaired) electrons. The molecule has 0 spiro atoms. The summed E-state index contributed by atoms with van der Waals surface area (Å²) in [7, 11) is 1.61. The van der Waals surface area contributed by atoms with Crippen LogP contribution in [0.4, 0.5) is 0 Å². The van der Waals surface area contributed by atoms with Gasteiger partial charge < -0.3 is 15.5 Å². The van der Waals surface area contributed by atoms with E-state index in [1.54, 1.807) is 14.0 Å². The van der Waals surface area contributed by atoms with Gasteiger partial charge >= 0.3 is 0 Å². The second-order valence-corrected chi connectivity index (χ2v) is 8.69. The number of rotatable bonds is 5. The molecule has 8 nitrogen and oxygen atoms in total. The first-order valence-electron chi connectivity index (χ1n) is 10.9. The third kappa shape index (κ3) is 4.19. The van der Waals surface area contributed by atoms with Crippen LogP contribution in [0.2, 0.25) is 0 Å². The number of fused-ring (bicyclic) bond motifs is 1. The molecule has 2 N–H and O–H groups in total. The lowest BCUT2D eigenvalue weighted by molar-refractivity contribution is -0.132. The van der Waals surface area contributed by atoms with E-state index in [9.17, 15) is 14.4 Å². The number of likely N-dealkylation sites (N-methyl/N-ethyl adjacent to an activating group) is 1. The third-order valence-electron chi connectivity index (χ3n) is 6.46. The fourth-order valence-electron chi connectivity index (χ4n) is 4.31. The van der Waals surface area contributed by atoms with Crippen LogP contribution in [0.1, 0.15) is 65.6 Å². The summed E-state index contributed by atoms with van der Waals surface area (Å²) in [5, 5.41) is 10.3. The first kappa shape index (κ1) is 21.1. The van der Waals surface area contributed by atoms with Crippen molar-refractivity contribution in [1.29, 1.82) is 0 Å². The predicted molar refractivity (Wildman–Crippen MR) is 115 cm³/mol. The van der Waals surface area contributed by atoms with Crippen molar-refractivity contribution in [1.82, 2.24) is 25.3 Å². The van der Waals surface area contributed by atoms with E-state index >= 15 is 0 Å². The summed E-state index contributed by atoms with van der Waals surface area (Å²) in [4.78, 5) is 40.1. The first-order chi connectivity index (χ1) is 14.9. The van der Waals surface area contributed by atoms with Gasteiger partial charge in [0.15, 0.2) is 5.69 Å². The van der Waals surface area contributed by atoms with Crippen LogP contribution in [0.15, 0.2) is 36.4 Å². The minimum Gasteiger partial charge on any atom is -0.350 e. The molecule has 1 aromatic heterocycles. The highest BCUT2D eigenvalue weighted by molar-refractivity contribution is 6.01. The van der Waals surface area contributed by atoms with E-state index in [-0.39, 0.29) is 36.0 Å². The second-order valence-electron chi connectivity index (χ2n) is 8.69. The molecule has 1 fully saturated rings. The molecular weight excluding hydrogens is 394 g/mol. The molecule has 31 heavy (non-hydrogen) atoms. The third-order valence-corrected chi connectivity index (χ3v) is 6.46. The smallest absolute Gasteiger partial charge is 0.272 e. The summed E-state index contributed by atoms with van der Waals surface area (Å²) in [6.07, 6.45) is 5.38. The topological polar surface area (TPSA) is 96.3 Å². The van der Waals surface area contributed by atoms with Crippen LogP contribution >= 0.6 is 0 Å². The van der Waals surface area contributed by atoms with E-state index < -0.39 is 5.54 Å². The molecule has 1 atom stereocenters. The number of aromatic nitrogens is 2. The van der Waals surface area contributed by atoms with Crippen molar-refractivity contribution in [3.8, 4) is 0 Å². The van der Waals surface area contributed by atoms with Crippen LogP contribution in [-0.2, 0) is 17.9 Å². The van der Waals surface area contributed by atoms with E-state index in [2.05, 4.69) is 15.7 Å². The van der Waals surface area contributed by atoms with Gasteiger partial charge in [0.2, 0.25) is 5.91 Å². The number of amides is 3. The summed E-state index contributed by atoms with van der Waals surface area (Å²) >= 11 is 0. The Morgan fingerprint density at radius 2 is 1.87 bits per heavy atom. The van der Waals surface area contributed by atoms with Gasteiger partial charge in [0.05, 0.1) is 6.54 Å². The van der Waals surface area contributed by atoms with Crippen LogP contribution in [0.3, 0.4) is 0 Å². The molecular formula is C23H29N5O3. The van der Waals surface area contributed by atoms with Crippen LogP contribution in [0.25, 0.3) is 0 Å². The summed E-state index contributed by atoms with van der Waals surface area (Å²) in [6, 6.07) is 11.3. The quantitative estimate of drug-likeness (QED) is 0.770. The van der Waals surface area contributed by atoms with Gasteiger partial charge in [0, 0.05) is 25.7 Å². The van der Waals surface area contributed by atoms with Crippen LogP contribution in [-0.4, -0.2) is 51.0 Å². The lowest BCUT2D eigenvalue weighted by atomic mass is 9.95. The highest BCUT2D eigenvalue weighted by Gasteiger charge is 2.46. The largest absolute Gasteiger partial charge is 0.350 e. The van der Waals surface area contributed by atoms with E-state index in [4.69, 9.17) is 0 Å². The minimum absolute atomic E-state index is 0.160. The van der Waals surface area contributed by atoms with Gasteiger partial charge in [-0.3, -0.25) is 19.1 Å². The van der Waals surface area contributed by atoms with Gasteiger partial charge in [-0.05, 0) is 25.3 Å². The number of hydrogen-bond donors (Lipinski definition) is 2. The highest BCUT2D eigenvalue weighted by Crippen LogP contribution is 2.26. The van der Waals surface area contributed by atoms with Crippen molar-refractivity contribution in [2.24, 2.45) is 0 Å². The number of hydrogen-bond acceptors (Lipinski definition) is 4. The molecule has 1 saturated carbocycles. The zero-order chi connectivity index (χ0) is 22.0. The Morgan fingerprint density at radius 1 is 1.16 bits per heavy atom. The number of benzene rings is 1. The van der Waals surface area contributed by atoms with Gasteiger partial charge in [-0.1, -0.05) is 49.6 Å². The van der Waals surface area contributed by atoms with Crippen LogP contribution in [0.5, 0.6) is 0 Å². The lowest BCUT2D eigenvalue weighted by Crippen LogP contribution is -2.62. The average molecular weight is 424 g/mol. The summed E-state index contributed by atoms with van der Waals surface area (Å²) in [5.41, 5.74) is 0.411. The van der Waals surface area contributed by atoms with Gasteiger partial charge in [-0.15, -0.1) is 0 Å². The van der Waals surface area contributed by atoms with E-state index in [0.29, 0.717) is 12.2 Å². The van der Waals surface area contributed by atoms with Crippen molar-refractivity contribution in [2.45, 2.75) is 63.7 Å². The molecule has 0 saturated heterocycles. The van der Waals surface area contributed by atoms with Gasteiger partial charge in [0.25, 0.3) is 11.8 Å². The molecule has 2 aliphatic rings. The standard InChI is InChI=1S/C23H29N5O3/c1-23(22(31)24-14-16-9-5-3-6-10-16)15-28-19(21(30)27(23)2)13-18(26-28)20(29)25-17-11-7-4-8-12-17/h3,5-6,9-10,13,17H,4,7-8,11-12,14-15H2,1-2H3,(H,24,31)(H,25,29). The fraction of sp³-hybridized carbons (Fsp3) is 0.478. The predicted octanol–water partition coefficient (Wildman–Crippen LogP) is 2.11. The average Bonchev–Trinajstić information content (AvgIpc) is 3.21. The van der Waals surface area contributed by atoms with Crippen molar-refractivity contribution < 1.29 is 14.4 Å². The lowest BCUT2D eigenvalue weighted by Gasteiger charge is -2.40. The monoisotopic (exact) mass is 423 g/mol. The van der Waals surface area contributed by atoms with Crippen molar-refractivity contribution in [3.63, 3.8) is 0 Å². The molecule has 0 bridgehead atoms. The fourth-order valence-corrected chi connectivity index (χ4v) is 4.31. The van der Waals surface area contributed by atoms with E-state index in [0.717, 1.165) is 31.2 Å². The zero-order valence-electron chi connectivity index (χ0n) is 18.1. The maximum atomic E-state index is 13.0. The molecule has 4 rings (SSSR count). The zero-order valence-corrected chi connectivity index (χ0v) is 18.1. The minimum atomic E-state index is -1.11. The van der Waals surface area contributed by atoms with E-state index in [1.165, 1.54) is 22.1 Å². The molecule has 2 heterocycles. The highest BCUT2D eigenvalue weighted by atomic mass is 16.2. The molecule has 1 unspecified atom stereocenters. The normalized spacial score (nSPS) is 21.5. The summed E-state index contributed by atoms with van der Waals surface area (Å²) < 4.78 is 1.49. The Balaban J connectivity index is 1.48. The molecule has 1 aliphatic carbocycles. The number of nitrogens with zero attached hydrogens (tertiary/aromatic N) is 3. The Bertz CT molecular complexity index is 980. The molecule has 2 aromatic rings. The Morgan fingerprint density at radius 3 is 2.58 bits per heavy atom. The Labute approximate surface area is 182 Å². The first-order valence-corrected chi connectivity index (χ1v) is 10.9. The number of carbonyl (C=O) groups excluding carboxylic acids is 3. The number of nitrogens with one attached hydrogen (secondary N) is 2. The summed E-state index contributed by atoms with van der Waals surface area (Å²) in [6.45, 7) is 2.28. The van der Waals surface area contributed by atoms with Crippen molar-refractivity contribution in [3.05, 3.63) is 53.3 Å². The van der Waals surface area contributed by atoms with Crippen molar-refractivity contribution in [2.75, 3.05) is 7.05 Å². The molecule has 3 amide bonds. The van der Waals surface area contributed by atoms with Gasteiger partial charge in [-0.25, -0.2) is 0 Å². The maximum absolute atomic E-state index is 13.0. The molecule has 1 aromatic carbocycles. The SMILES string of the molecule is CN1C(=O)c2cc(C(=O)NC3CCCCC3)nn2CC1(C)C(=O)NCc1ccccc1. The molecule has 8 heteroatoms. The number of carbonyl (C=O) groups is 3. The summed E-state index contributed by atoms with van der Waals surface area (Å²) in [5.74, 6) is -0.853. The van der Waals surface area contributed by atoms with Gasteiger partial charge in [0.1, 0.15) is 11.2 Å². The maximum Gasteiger partial charge on any atom is 0.272 e. The molecule has 1 aliphatic heterocycles. The van der Waals surface area contributed by atoms with Crippen LogP contribution < -0.4 is 10.6 Å². The second kappa shape index (κ2) is 8.53.